The Morgan fingerprint density at radius 3 is 2.64 bits per heavy atom. The third kappa shape index (κ3) is 1.43. The third-order valence-corrected chi connectivity index (χ3v) is 3.40. The summed E-state index contributed by atoms with van der Waals surface area (Å²) in [6.07, 6.45) is 2.59. The van der Waals surface area contributed by atoms with Crippen molar-refractivity contribution in [1.82, 2.24) is 0 Å². The van der Waals surface area contributed by atoms with E-state index in [2.05, 4.69) is 17.5 Å². The zero-order chi connectivity index (χ0) is 7.03. The summed E-state index contributed by atoms with van der Waals surface area (Å²) in [5.41, 5.74) is 6.08. The van der Waals surface area contributed by atoms with Crippen LogP contribution in [0.25, 0.3) is 0 Å². The zero-order valence-electron chi connectivity index (χ0n) is 6.25. The lowest BCUT2D eigenvalue weighted by atomic mass is 10.1. The minimum absolute atomic E-state index is 0. The highest BCUT2D eigenvalue weighted by Gasteiger charge is 2.43. The number of hydrogen-bond donors (Lipinski definition) is 1. The minimum Gasteiger partial charge on any atom is -0.330 e. The molecule has 62 valence electrons. The lowest BCUT2D eigenvalue weighted by molar-refractivity contribution is 0.720. The summed E-state index contributed by atoms with van der Waals surface area (Å²) < 4.78 is 0. The molecule has 0 spiro atoms. The normalized spacial score (nSPS) is 19.0. The first-order valence-electron chi connectivity index (χ1n) is 3.61. The average molecular weight is 190 g/mol. The summed E-state index contributed by atoms with van der Waals surface area (Å²) in [6.45, 7) is 0.827. The van der Waals surface area contributed by atoms with Gasteiger partial charge in [0.05, 0.1) is 0 Å². The predicted molar refractivity (Wildman–Crippen MR) is 51.5 cm³/mol. The summed E-state index contributed by atoms with van der Waals surface area (Å²) in [4.78, 5) is 1.48. The van der Waals surface area contributed by atoms with Crippen molar-refractivity contribution in [3.05, 3.63) is 22.4 Å². The average Bonchev–Trinajstić information content (AvgIpc) is 2.58. The molecule has 1 aliphatic rings. The Bertz CT molecular complexity index is 216. The molecule has 0 saturated heterocycles. The smallest absolute Gasteiger partial charge is 0.0170 e. The van der Waals surface area contributed by atoms with Gasteiger partial charge < -0.3 is 5.73 Å². The van der Waals surface area contributed by atoms with Gasteiger partial charge in [-0.15, -0.1) is 23.7 Å². The summed E-state index contributed by atoms with van der Waals surface area (Å²) in [5, 5.41) is 2.13. The van der Waals surface area contributed by atoms with Gasteiger partial charge >= 0.3 is 0 Å². The van der Waals surface area contributed by atoms with Gasteiger partial charge in [0, 0.05) is 16.8 Å². The maximum absolute atomic E-state index is 5.67. The monoisotopic (exact) mass is 189 g/mol. The fraction of sp³-hybridized carbons (Fsp3) is 0.500. The van der Waals surface area contributed by atoms with Crippen LogP contribution >= 0.6 is 23.7 Å². The molecule has 1 aliphatic carbocycles. The van der Waals surface area contributed by atoms with Gasteiger partial charge in [0.1, 0.15) is 0 Å². The van der Waals surface area contributed by atoms with E-state index in [1.165, 1.54) is 17.7 Å². The summed E-state index contributed by atoms with van der Waals surface area (Å²) in [5.74, 6) is 0. The molecule has 0 atom stereocenters. The van der Waals surface area contributed by atoms with Crippen LogP contribution in [0, 0.1) is 0 Å². The second kappa shape index (κ2) is 3.13. The summed E-state index contributed by atoms with van der Waals surface area (Å²) in [7, 11) is 0. The predicted octanol–water partition coefficient (Wildman–Crippen LogP) is 2.16. The van der Waals surface area contributed by atoms with Crippen molar-refractivity contribution in [3.8, 4) is 0 Å². The van der Waals surface area contributed by atoms with Crippen molar-refractivity contribution >= 4 is 23.7 Å². The van der Waals surface area contributed by atoms with E-state index in [0.717, 1.165) is 6.54 Å². The Labute approximate surface area is 77.0 Å². The Morgan fingerprint density at radius 1 is 1.55 bits per heavy atom. The first-order valence-corrected chi connectivity index (χ1v) is 4.49. The van der Waals surface area contributed by atoms with Crippen molar-refractivity contribution in [2.45, 2.75) is 18.3 Å². The molecule has 2 N–H and O–H groups in total. The lowest BCUT2D eigenvalue weighted by Gasteiger charge is -2.07. The summed E-state index contributed by atoms with van der Waals surface area (Å²) >= 11 is 1.84. The fourth-order valence-corrected chi connectivity index (χ4v) is 2.28. The van der Waals surface area contributed by atoms with Gasteiger partial charge in [-0.25, -0.2) is 0 Å². The van der Waals surface area contributed by atoms with E-state index in [9.17, 15) is 0 Å². The van der Waals surface area contributed by atoms with Crippen LogP contribution in [-0.4, -0.2) is 6.54 Å². The molecule has 0 unspecified atom stereocenters. The molecule has 3 heteroatoms. The highest BCUT2D eigenvalue weighted by atomic mass is 35.5. The number of nitrogens with two attached hydrogens (primary N) is 1. The van der Waals surface area contributed by atoms with Crippen molar-refractivity contribution in [2.75, 3.05) is 6.54 Å². The van der Waals surface area contributed by atoms with E-state index in [0.29, 0.717) is 5.41 Å². The van der Waals surface area contributed by atoms with Crippen LogP contribution in [0.4, 0.5) is 0 Å². The molecule has 0 aromatic carbocycles. The van der Waals surface area contributed by atoms with Gasteiger partial charge in [-0.3, -0.25) is 0 Å². The molecular weight excluding hydrogens is 178 g/mol. The first kappa shape index (κ1) is 9.04. The van der Waals surface area contributed by atoms with Gasteiger partial charge in [0.15, 0.2) is 0 Å². The molecule has 1 heterocycles. The van der Waals surface area contributed by atoms with Gasteiger partial charge in [0.25, 0.3) is 0 Å². The molecule has 0 aliphatic heterocycles. The van der Waals surface area contributed by atoms with Crippen molar-refractivity contribution in [3.63, 3.8) is 0 Å². The van der Waals surface area contributed by atoms with Gasteiger partial charge in [0.2, 0.25) is 0 Å². The van der Waals surface area contributed by atoms with Crippen LogP contribution in [-0.2, 0) is 5.41 Å². The van der Waals surface area contributed by atoms with Crippen LogP contribution in [0.2, 0.25) is 0 Å². The molecule has 1 aromatic heterocycles. The van der Waals surface area contributed by atoms with Gasteiger partial charge in [-0.2, -0.15) is 0 Å². The Balaban J connectivity index is 0.000000605. The minimum atomic E-state index is 0. The maximum Gasteiger partial charge on any atom is 0.0170 e. The van der Waals surface area contributed by atoms with Crippen LogP contribution in [0.1, 0.15) is 17.7 Å². The van der Waals surface area contributed by atoms with Crippen molar-refractivity contribution in [1.29, 1.82) is 0 Å². The van der Waals surface area contributed by atoms with E-state index in [1.807, 2.05) is 11.3 Å². The third-order valence-electron chi connectivity index (χ3n) is 2.29. The maximum atomic E-state index is 5.67. The van der Waals surface area contributed by atoms with Crippen LogP contribution in [0.3, 0.4) is 0 Å². The molecule has 2 rings (SSSR count). The van der Waals surface area contributed by atoms with Crippen LogP contribution < -0.4 is 5.73 Å². The largest absolute Gasteiger partial charge is 0.330 e. The Hall–Kier alpha value is -0.0500. The highest BCUT2D eigenvalue weighted by molar-refractivity contribution is 7.10. The van der Waals surface area contributed by atoms with Crippen molar-refractivity contribution in [2.24, 2.45) is 5.73 Å². The van der Waals surface area contributed by atoms with E-state index in [1.54, 1.807) is 0 Å². The second-order valence-electron chi connectivity index (χ2n) is 2.96. The number of rotatable bonds is 2. The fourth-order valence-electron chi connectivity index (χ4n) is 1.28. The molecule has 1 fully saturated rings. The van der Waals surface area contributed by atoms with Crippen LogP contribution in [0.15, 0.2) is 17.5 Å². The molecule has 1 saturated carbocycles. The van der Waals surface area contributed by atoms with E-state index >= 15 is 0 Å². The van der Waals surface area contributed by atoms with Gasteiger partial charge in [-0.05, 0) is 24.3 Å². The van der Waals surface area contributed by atoms with E-state index < -0.39 is 0 Å². The van der Waals surface area contributed by atoms with E-state index in [4.69, 9.17) is 5.73 Å². The molecular formula is C8H12ClNS. The van der Waals surface area contributed by atoms with E-state index in [-0.39, 0.29) is 12.4 Å². The molecule has 0 bridgehead atoms. The number of halogens is 1. The topological polar surface area (TPSA) is 26.0 Å². The summed E-state index contributed by atoms with van der Waals surface area (Å²) in [6, 6.07) is 4.31. The second-order valence-corrected chi connectivity index (χ2v) is 3.91. The zero-order valence-corrected chi connectivity index (χ0v) is 7.88. The number of hydrogen-bond acceptors (Lipinski definition) is 2. The standard InChI is InChI=1S/C8H11NS.ClH/c9-6-8(3-4-8)7-2-1-5-10-7;/h1-2,5H,3-4,6,9H2;1H. The van der Waals surface area contributed by atoms with Crippen LogP contribution in [0.5, 0.6) is 0 Å². The lowest BCUT2D eigenvalue weighted by Crippen LogP contribution is -2.18. The highest BCUT2D eigenvalue weighted by Crippen LogP contribution is 2.48. The molecule has 0 amide bonds. The Morgan fingerprint density at radius 2 is 2.27 bits per heavy atom. The molecule has 11 heavy (non-hydrogen) atoms. The SMILES string of the molecule is Cl.NCC1(c2cccs2)CC1. The quantitative estimate of drug-likeness (QED) is 0.758. The van der Waals surface area contributed by atoms with Gasteiger partial charge in [-0.1, -0.05) is 6.07 Å². The van der Waals surface area contributed by atoms with Crippen molar-refractivity contribution < 1.29 is 0 Å². The first-order chi connectivity index (χ1) is 4.87. The number of thiophene rings is 1. The Kier molecular flexibility index (Phi) is 2.58. The molecule has 0 radical (unpaired) electrons. The molecule has 1 aromatic rings. The molecule has 1 nitrogen and oxygen atoms in total.